The summed E-state index contributed by atoms with van der Waals surface area (Å²) in [6.07, 6.45) is 7.29. The highest BCUT2D eigenvalue weighted by molar-refractivity contribution is 5.74. The predicted molar refractivity (Wildman–Crippen MR) is 78.7 cm³/mol. The lowest BCUT2D eigenvalue weighted by Gasteiger charge is -2.31. The molecule has 5 heteroatoms. The van der Waals surface area contributed by atoms with Crippen LogP contribution in [0.5, 0.6) is 0 Å². The number of carboxylic acids is 1. The van der Waals surface area contributed by atoms with Crippen LogP contribution < -0.4 is 10.6 Å². The molecule has 0 radical (unpaired) electrons. The molecule has 1 aliphatic rings. The summed E-state index contributed by atoms with van der Waals surface area (Å²) in [7, 11) is 0. The van der Waals surface area contributed by atoms with Gasteiger partial charge < -0.3 is 15.7 Å². The number of carbonyl (C=O) groups excluding carboxylic acids is 1. The van der Waals surface area contributed by atoms with Crippen LogP contribution in [0.2, 0.25) is 0 Å². The van der Waals surface area contributed by atoms with Crippen LogP contribution in [0, 0.1) is 5.92 Å². The number of rotatable bonds is 7. The van der Waals surface area contributed by atoms with Gasteiger partial charge in [-0.15, -0.1) is 0 Å². The van der Waals surface area contributed by atoms with Crippen molar-refractivity contribution >= 4 is 12.0 Å². The number of carboxylic acid groups (broad SMARTS) is 1. The van der Waals surface area contributed by atoms with Crippen molar-refractivity contribution in [3.05, 3.63) is 0 Å². The van der Waals surface area contributed by atoms with E-state index in [0.717, 1.165) is 12.8 Å². The van der Waals surface area contributed by atoms with Gasteiger partial charge in [-0.25, -0.2) is 4.79 Å². The van der Waals surface area contributed by atoms with E-state index in [-0.39, 0.29) is 18.5 Å². The Labute approximate surface area is 121 Å². The Kier molecular flexibility index (Phi) is 7.41. The zero-order valence-electron chi connectivity index (χ0n) is 12.7. The third kappa shape index (κ3) is 6.26. The first kappa shape index (κ1) is 16.8. The summed E-state index contributed by atoms with van der Waals surface area (Å²) < 4.78 is 0. The van der Waals surface area contributed by atoms with Crippen molar-refractivity contribution in [1.82, 2.24) is 10.6 Å². The van der Waals surface area contributed by atoms with Crippen molar-refractivity contribution in [3.8, 4) is 0 Å². The normalized spacial score (nSPS) is 23.9. The van der Waals surface area contributed by atoms with Crippen LogP contribution in [0.1, 0.15) is 65.2 Å². The van der Waals surface area contributed by atoms with E-state index >= 15 is 0 Å². The molecule has 20 heavy (non-hydrogen) atoms. The SMILES string of the molecule is CCC1CCCCC1NC(=O)NC(C)CCCC(=O)O. The molecule has 5 nitrogen and oxygen atoms in total. The van der Waals surface area contributed by atoms with Crippen molar-refractivity contribution in [2.24, 2.45) is 5.92 Å². The second-order valence-electron chi connectivity index (χ2n) is 5.86. The van der Waals surface area contributed by atoms with E-state index in [1.807, 2.05) is 6.92 Å². The van der Waals surface area contributed by atoms with Gasteiger partial charge in [-0.2, -0.15) is 0 Å². The maximum atomic E-state index is 11.9. The van der Waals surface area contributed by atoms with Crippen molar-refractivity contribution in [3.63, 3.8) is 0 Å². The highest BCUT2D eigenvalue weighted by atomic mass is 16.4. The van der Waals surface area contributed by atoms with Crippen molar-refractivity contribution in [2.75, 3.05) is 0 Å². The molecule has 1 rings (SSSR count). The summed E-state index contributed by atoms with van der Waals surface area (Å²) in [5, 5.41) is 14.6. The van der Waals surface area contributed by atoms with E-state index in [1.54, 1.807) is 0 Å². The van der Waals surface area contributed by atoms with Crippen LogP contribution in [0.15, 0.2) is 0 Å². The fraction of sp³-hybridized carbons (Fsp3) is 0.867. The molecular weight excluding hydrogens is 256 g/mol. The highest BCUT2D eigenvalue weighted by Crippen LogP contribution is 2.26. The average Bonchev–Trinajstić information content (AvgIpc) is 2.38. The van der Waals surface area contributed by atoms with Crippen LogP contribution in [-0.2, 0) is 4.79 Å². The zero-order chi connectivity index (χ0) is 15.0. The Morgan fingerprint density at radius 2 is 2.00 bits per heavy atom. The minimum atomic E-state index is -0.783. The van der Waals surface area contributed by atoms with E-state index in [4.69, 9.17) is 5.11 Å². The van der Waals surface area contributed by atoms with Gasteiger partial charge in [-0.05, 0) is 38.5 Å². The number of carbonyl (C=O) groups is 2. The summed E-state index contributed by atoms with van der Waals surface area (Å²) in [6.45, 7) is 4.09. The molecule has 1 fully saturated rings. The Bertz CT molecular complexity index is 320. The van der Waals surface area contributed by atoms with Crippen LogP contribution >= 0.6 is 0 Å². The number of aliphatic carboxylic acids is 1. The van der Waals surface area contributed by atoms with Gasteiger partial charge in [0.1, 0.15) is 0 Å². The summed E-state index contributed by atoms with van der Waals surface area (Å²) >= 11 is 0. The van der Waals surface area contributed by atoms with E-state index in [0.29, 0.717) is 24.8 Å². The van der Waals surface area contributed by atoms with Crippen molar-refractivity contribution < 1.29 is 14.7 Å². The molecule has 3 N–H and O–H groups in total. The molecule has 0 saturated heterocycles. The molecule has 0 bridgehead atoms. The average molecular weight is 284 g/mol. The molecule has 2 amide bonds. The van der Waals surface area contributed by atoms with E-state index < -0.39 is 5.97 Å². The Morgan fingerprint density at radius 3 is 2.65 bits per heavy atom. The van der Waals surface area contributed by atoms with Gasteiger partial charge in [0.25, 0.3) is 0 Å². The molecule has 0 spiro atoms. The first-order valence-electron chi connectivity index (χ1n) is 7.81. The number of hydrogen-bond donors (Lipinski definition) is 3. The van der Waals surface area contributed by atoms with E-state index in [1.165, 1.54) is 19.3 Å². The molecule has 0 aromatic carbocycles. The van der Waals surface area contributed by atoms with Gasteiger partial charge in [0.05, 0.1) is 0 Å². The van der Waals surface area contributed by atoms with Crippen molar-refractivity contribution in [1.29, 1.82) is 0 Å². The lowest BCUT2D eigenvalue weighted by molar-refractivity contribution is -0.137. The summed E-state index contributed by atoms with van der Waals surface area (Å²) in [6, 6.07) is 0.191. The van der Waals surface area contributed by atoms with Gasteiger partial charge in [0.15, 0.2) is 0 Å². The van der Waals surface area contributed by atoms with Gasteiger partial charge >= 0.3 is 12.0 Å². The van der Waals surface area contributed by atoms with Gasteiger partial charge in [-0.1, -0.05) is 26.2 Å². The number of urea groups is 1. The van der Waals surface area contributed by atoms with Crippen molar-refractivity contribution in [2.45, 2.75) is 77.3 Å². The second kappa shape index (κ2) is 8.82. The molecule has 0 aromatic rings. The summed E-state index contributed by atoms with van der Waals surface area (Å²) in [5.41, 5.74) is 0. The third-order valence-corrected chi connectivity index (χ3v) is 4.16. The number of amides is 2. The molecule has 0 aliphatic heterocycles. The fourth-order valence-electron chi connectivity index (χ4n) is 2.95. The molecule has 0 aromatic heterocycles. The quantitative estimate of drug-likeness (QED) is 0.672. The molecule has 3 unspecified atom stereocenters. The lowest BCUT2D eigenvalue weighted by Crippen LogP contribution is -2.48. The zero-order valence-corrected chi connectivity index (χ0v) is 12.7. The van der Waals surface area contributed by atoms with Gasteiger partial charge in [-0.3, -0.25) is 4.79 Å². The minimum absolute atomic E-state index is 0.0121. The second-order valence-corrected chi connectivity index (χ2v) is 5.86. The van der Waals surface area contributed by atoms with Crippen LogP contribution in [0.4, 0.5) is 4.79 Å². The molecular formula is C15H28N2O3. The van der Waals surface area contributed by atoms with Crippen LogP contribution in [0.3, 0.4) is 0 Å². The Morgan fingerprint density at radius 1 is 1.30 bits per heavy atom. The standard InChI is InChI=1S/C15H28N2O3/c1-3-12-8-4-5-9-13(12)17-15(20)16-11(2)7-6-10-14(18)19/h11-13H,3-10H2,1-2H3,(H,18,19)(H2,16,17,20). The van der Waals surface area contributed by atoms with E-state index in [2.05, 4.69) is 17.6 Å². The largest absolute Gasteiger partial charge is 0.481 e. The molecule has 1 aliphatic carbocycles. The lowest BCUT2D eigenvalue weighted by atomic mass is 9.83. The molecule has 0 heterocycles. The number of hydrogen-bond acceptors (Lipinski definition) is 2. The first-order valence-corrected chi connectivity index (χ1v) is 7.81. The first-order chi connectivity index (χ1) is 9.52. The summed E-state index contributed by atoms with van der Waals surface area (Å²) in [4.78, 5) is 22.4. The Hall–Kier alpha value is -1.26. The fourth-order valence-corrected chi connectivity index (χ4v) is 2.95. The van der Waals surface area contributed by atoms with Crippen LogP contribution in [-0.4, -0.2) is 29.2 Å². The molecule has 3 atom stereocenters. The maximum Gasteiger partial charge on any atom is 0.315 e. The molecule has 116 valence electrons. The predicted octanol–water partition coefficient (Wildman–Crippen LogP) is 2.90. The van der Waals surface area contributed by atoms with E-state index in [9.17, 15) is 9.59 Å². The van der Waals surface area contributed by atoms with Crippen LogP contribution in [0.25, 0.3) is 0 Å². The smallest absolute Gasteiger partial charge is 0.315 e. The maximum absolute atomic E-state index is 11.9. The summed E-state index contributed by atoms with van der Waals surface area (Å²) in [5.74, 6) is -0.188. The topological polar surface area (TPSA) is 78.4 Å². The Balaban J connectivity index is 2.25. The minimum Gasteiger partial charge on any atom is -0.481 e. The number of nitrogens with one attached hydrogen (secondary N) is 2. The van der Waals surface area contributed by atoms with Gasteiger partial charge in [0.2, 0.25) is 0 Å². The highest BCUT2D eigenvalue weighted by Gasteiger charge is 2.25. The molecule has 1 saturated carbocycles. The van der Waals surface area contributed by atoms with Gasteiger partial charge in [0, 0.05) is 18.5 Å². The third-order valence-electron chi connectivity index (χ3n) is 4.16. The monoisotopic (exact) mass is 284 g/mol.